The van der Waals surface area contributed by atoms with Crippen molar-refractivity contribution in [1.29, 1.82) is 0 Å². The molecule has 3 heterocycles. The van der Waals surface area contributed by atoms with Crippen molar-refractivity contribution in [1.82, 2.24) is 9.88 Å². The van der Waals surface area contributed by atoms with Gasteiger partial charge in [-0.3, -0.25) is 0 Å². The molecule has 1 aromatic heterocycles. The zero-order chi connectivity index (χ0) is 12.4. The van der Waals surface area contributed by atoms with E-state index < -0.39 is 0 Å². The summed E-state index contributed by atoms with van der Waals surface area (Å²) in [5.74, 6) is 0. The molecule has 0 radical (unpaired) electrons. The number of rotatable bonds is 1. The summed E-state index contributed by atoms with van der Waals surface area (Å²) in [6.07, 6.45) is 12.7. The van der Waals surface area contributed by atoms with Gasteiger partial charge in [-0.15, -0.1) is 11.3 Å². The van der Waals surface area contributed by atoms with E-state index in [-0.39, 0.29) is 0 Å². The third-order valence-corrected chi connectivity index (χ3v) is 6.35. The Kier molecular flexibility index (Phi) is 1.93. The third-order valence-electron chi connectivity index (χ3n) is 5.10. The van der Waals surface area contributed by atoms with Crippen LogP contribution in [0.3, 0.4) is 0 Å². The number of nitrogens with zero attached hydrogens (tertiary/aromatic N) is 2. The Balaban J connectivity index is 1.69. The fourth-order valence-corrected chi connectivity index (χ4v) is 5.25. The molecular weight excluding hydrogens is 252 g/mol. The van der Waals surface area contributed by atoms with E-state index in [9.17, 15) is 0 Å². The molecule has 0 amide bonds. The second kappa shape index (κ2) is 3.47. The quantitative estimate of drug-likeness (QED) is 0.764. The summed E-state index contributed by atoms with van der Waals surface area (Å²) < 4.78 is 1.40. The Morgan fingerprint density at radius 3 is 2.95 bits per heavy atom. The van der Waals surface area contributed by atoms with Crippen LogP contribution >= 0.6 is 11.3 Å². The molecular formula is C16H16N2S. The number of hydrogen-bond acceptors (Lipinski definition) is 3. The maximum absolute atomic E-state index is 5.08. The van der Waals surface area contributed by atoms with Gasteiger partial charge in [0.05, 0.1) is 9.88 Å². The Bertz CT molecular complexity index is 742. The molecule has 0 spiro atoms. The molecule has 2 fully saturated rings. The van der Waals surface area contributed by atoms with Crippen molar-refractivity contribution < 1.29 is 0 Å². The van der Waals surface area contributed by atoms with E-state index in [0.717, 1.165) is 6.42 Å². The Morgan fingerprint density at radius 2 is 2.16 bits per heavy atom. The van der Waals surface area contributed by atoms with Crippen LogP contribution in [0.2, 0.25) is 0 Å². The normalized spacial score (nSPS) is 34.2. The molecule has 96 valence electrons. The van der Waals surface area contributed by atoms with E-state index in [1.807, 2.05) is 11.3 Å². The molecule has 2 nitrogen and oxygen atoms in total. The van der Waals surface area contributed by atoms with Gasteiger partial charge in [-0.25, -0.2) is 4.98 Å². The fourth-order valence-electron chi connectivity index (χ4n) is 3.97. The highest BCUT2D eigenvalue weighted by atomic mass is 32.1. The van der Waals surface area contributed by atoms with E-state index in [4.69, 9.17) is 4.98 Å². The molecule has 2 bridgehead atoms. The molecule has 4 aliphatic rings. The Labute approximate surface area is 116 Å². The van der Waals surface area contributed by atoms with Gasteiger partial charge >= 0.3 is 0 Å². The van der Waals surface area contributed by atoms with E-state index in [0.29, 0.717) is 5.41 Å². The SMILES string of the molecule is C1=CCC2=c3nc(C45CCN(CC4)C5)sc3=CC2=C1. The molecule has 19 heavy (non-hydrogen) atoms. The van der Waals surface area contributed by atoms with E-state index >= 15 is 0 Å². The maximum Gasteiger partial charge on any atom is 0.101 e. The lowest BCUT2D eigenvalue weighted by Gasteiger charge is -2.22. The highest BCUT2D eigenvalue weighted by Crippen LogP contribution is 2.43. The summed E-state index contributed by atoms with van der Waals surface area (Å²) >= 11 is 1.95. The van der Waals surface area contributed by atoms with Crippen LogP contribution in [0.4, 0.5) is 0 Å². The van der Waals surface area contributed by atoms with Crippen LogP contribution in [-0.2, 0) is 5.41 Å². The molecule has 0 unspecified atom stereocenters. The van der Waals surface area contributed by atoms with E-state index in [1.54, 1.807) is 0 Å². The van der Waals surface area contributed by atoms with Gasteiger partial charge in [0, 0.05) is 12.0 Å². The summed E-state index contributed by atoms with van der Waals surface area (Å²) in [5, 5.41) is 2.70. The third kappa shape index (κ3) is 1.32. The largest absolute Gasteiger partial charge is 0.302 e. The molecule has 0 saturated carbocycles. The molecule has 1 aromatic rings. The molecule has 3 heteroatoms. The van der Waals surface area contributed by atoms with Crippen LogP contribution < -0.4 is 9.88 Å². The molecule has 0 atom stereocenters. The average Bonchev–Trinajstić information content (AvgIpc) is 3.17. The second-order valence-electron chi connectivity index (χ2n) is 6.17. The summed E-state index contributed by atoms with van der Waals surface area (Å²) in [6, 6.07) is 0. The standard InChI is InChI=1S/C16H16N2S/c1-2-4-12-11(3-1)9-13-14(12)17-15(19-13)16-5-7-18(10-16)8-6-16/h1-3,9H,4-8,10H2. The number of allylic oxidation sites excluding steroid dienone is 4. The highest BCUT2D eigenvalue weighted by Gasteiger charge is 2.46. The van der Waals surface area contributed by atoms with Crippen LogP contribution in [0, 0.1) is 0 Å². The maximum atomic E-state index is 5.08. The summed E-state index contributed by atoms with van der Waals surface area (Å²) in [5.41, 5.74) is 3.24. The molecule has 2 aliphatic heterocycles. The lowest BCUT2D eigenvalue weighted by atomic mass is 9.85. The average molecular weight is 268 g/mol. The fraction of sp³-hybridized carbons (Fsp3) is 0.438. The van der Waals surface area contributed by atoms with Crippen molar-refractivity contribution in [3.63, 3.8) is 0 Å². The van der Waals surface area contributed by atoms with E-state index in [2.05, 4.69) is 29.2 Å². The van der Waals surface area contributed by atoms with Crippen LogP contribution in [0.5, 0.6) is 0 Å². The molecule has 2 aliphatic carbocycles. The van der Waals surface area contributed by atoms with Crippen LogP contribution in [-0.4, -0.2) is 29.5 Å². The minimum Gasteiger partial charge on any atom is -0.302 e. The van der Waals surface area contributed by atoms with Crippen molar-refractivity contribution in [2.75, 3.05) is 19.6 Å². The first-order chi connectivity index (χ1) is 9.34. The molecule has 2 saturated heterocycles. The second-order valence-corrected chi connectivity index (χ2v) is 7.20. The van der Waals surface area contributed by atoms with Gasteiger partial charge in [-0.05, 0) is 49.6 Å². The first kappa shape index (κ1) is 10.6. The summed E-state index contributed by atoms with van der Waals surface area (Å²) in [7, 11) is 0. The van der Waals surface area contributed by atoms with Crippen LogP contribution in [0.15, 0.2) is 23.8 Å². The smallest absolute Gasteiger partial charge is 0.101 e. The van der Waals surface area contributed by atoms with Gasteiger partial charge < -0.3 is 4.90 Å². The predicted octanol–water partition coefficient (Wildman–Crippen LogP) is 1.32. The van der Waals surface area contributed by atoms with Crippen LogP contribution in [0.1, 0.15) is 24.3 Å². The monoisotopic (exact) mass is 268 g/mol. The van der Waals surface area contributed by atoms with Gasteiger partial charge in [0.15, 0.2) is 0 Å². The van der Waals surface area contributed by atoms with Gasteiger partial charge in [0.2, 0.25) is 0 Å². The first-order valence-electron chi connectivity index (χ1n) is 7.16. The van der Waals surface area contributed by atoms with Gasteiger partial charge in [-0.1, -0.05) is 18.2 Å². The summed E-state index contributed by atoms with van der Waals surface area (Å²) in [6.45, 7) is 3.80. The van der Waals surface area contributed by atoms with Crippen LogP contribution in [0.25, 0.3) is 11.6 Å². The zero-order valence-corrected chi connectivity index (χ0v) is 11.7. The molecule has 5 rings (SSSR count). The minimum absolute atomic E-state index is 0.401. The number of aromatic nitrogens is 1. The van der Waals surface area contributed by atoms with Crippen molar-refractivity contribution in [3.05, 3.63) is 38.7 Å². The van der Waals surface area contributed by atoms with Crippen molar-refractivity contribution in [3.8, 4) is 0 Å². The topological polar surface area (TPSA) is 16.1 Å². The highest BCUT2D eigenvalue weighted by molar-refractivity contribution is 7.09. The predicted molar refractivity (Wildman–Crippen MR) is 78.4 cm³/mol. The lowest BCUT2D eigenvalue weighted by Crippen LogP contribution is -2.26. The number of fused-ring (bicyclic) bond motifs is 4. The van der Waals surface area contributed by atoms with E-state index in [1.165, 1.54) is 58.5 Å². The lowest BCUT2D eigenvalue weighted by molar-refractivity contribution is 0.364. The van der Waals surface area contributed by atoms with Crippen molar-refractivity contribution in [2.45, 2.75) is 24.7 Å². The first-order valence-corrected chi connectivity index (χ1v) is 7.98. The summed E-state index contributed by atoms with van der Waals surface area (Å²) in [4.78, 5) is 7.67. The number of thiazole rings is 1. The van der Waals surface area contributed by atoms with Crippen molar-refractivity contribution >= 4 is 23.0 Å². The Morgan fingerprint density at radius 1 is 1.26 bits per heavy atom. The van der Waals surface area contributed by atoms with Gasteiger partial charge in [0.25, 0.3) is 0 Å². The molecule has 0 N–H and O–H groups in total. The van der Waals surface area contributed by atoms with Gasteiger partial charge in [0.1, 0.15) is 5.01 Å². The number of piperidine rings is 1. The molecule has 0 aromatic carbocycles. The number of hydrogen-bond donors (Lipinski definition) is 0. The Hall–Kier alpha value is -1.19. The van der Waals surface area contributed by atoms with Gasteiger partial charge in [-0.2, -0.15) is 0 Å². The zero-order valence-electron chi connectivity index (χ0n) is 10.9. The minimum atomic E-state index is 0.401. The van der Waals surface area contributed by atoms with Crippen molar-refractivity contribution in [2.24, 2.45) is 0 Å².